The monoisotopic (exact) mass is 180 g/mol. The van der Waals surface area contributed by atoms with Crippen LogP contribution < -0.4 is 0 Å². The lowest BCUT2D eigenvalue weighted by Gasteiger charge is -2.33. The fraction of sp³-hybridized carbons (Fsp3) is 1.00. The number of hydrogen-bond donors (Lipinski definition) is 0. The first kappa shape index (κ1) is 9.86. The molecule has 72 valence electrons. The molecule has 0 aromatic carbocycles. The minimum atomic E-state index is -1.40. The molecule has 12 heavy (non-hydrogen) atoms. The largest absolute Gasteiger partial charge is 0.379 e. The lowest BCUT2D eigenvalue weighted by molar-refractivity contribution is -0.0962. The zero-order valence-electron chi connectivity index (χ0n) is 7.30. The smallest absolute Gasteiger partial charge is 0.134 e. The Morgan fingerprint density at radius 1 is 0.917 bits per heavy atom. The molecule has 0 amide bonds. The highest BCUT2D eigenvalue weighted by Crippen LogP contribution is 2.27. The molecule has 0 heterocycles. The van der Waals surface area contributed by atoms with Crippen LogP contribution in [0.15, 0.2) is 0 Å². The predicted molar refractivity (Wildman–Crippen MR) is 40.6 cm³/mol. The Morgan fingerprint density at radius 3 is 1.50 bits per heavy atom. The third-order valence-corrected chi connectivity index (χ3v) is 2.33. The number of alkyl halides is 2. The topological polar surface area (TPSA) is 18.5 Å². The summed E-state index contributed by atoms with van der Waals surface area (Å²) in [5, 5.41) is 0. The number of hydrogen-bond acceptors (Lipinski definition) is 2. The van der Waals surface area contributed by atoms with Crippen LogP contribution in [0.5, 0.6) is 0 Å². The van der Waals surface area contributed by atoms with E-state index in [1.54, 1.807) is 0 Å². The van der Waals surface area contributed by atoms with Crippen LogP contribution in [-0.2, 0) is 9.47 Å². The maximum atomic E-state index is 12.8. The van der Waals surface area contributed by atoms with Crippen LogP contribution in [0.25, 0.3) is 0 Å². The second kappa shape index (κ2) is 4.14. The van der Waals surface area contributed by atoms with Crippen LogP contribution >= 0.6 is 0 Å². The summed E-state index contributed by atoms with van der Waals surface area (Å²) < 4.78 is 35.6. The van der Waals surface area contributed by atoms with Crippen molar-refractivity contribution in [3.05, 3.63) is 0 Å². The van der Waals surface area contributed by atoms with E-state index in [-0.39, 0.29) is 25.0 Å². The number of rotatable bonds is 2. The second-order valence-electron chi connectivity index (χ2n) is 3.05. The van der Waals surface area contributed by atoms with E-state index in [4.69, 9.17) is 9.47 Å². The molecule has 2 nitrogen and oxygen atoms in total. The second-order valence-corrected chi connectivity index (χ2v) is 3.05. The average Bonchev–Trinajstić information content (AvgIpc) is 2.09. The normalized spacial score (nSPS) is 43.0. The SMILES string of the molecule is COC1CC(F)C(F)CC1OC. The van der Waals surface area contributed by atoms with Crippen LogP contribution in [0, 0.1) is 0 Å². The summed E-state index contributed by atoms with van der Waals surface area (Å²) in [5.41, 5.74) is 0. The number of methoxy groups -OCH3 is 2. The molecule has 0 spiro atoms. The fourth-order valence-electron chi connectivity index (χ4n) is 1.54. The summed E-state index contributed by atoms with van der Waals surface area (Å²) in [6.07, 6.45) is -3.23. The highest BCUT2D eigenvalue weighted by atomic mass is 19.2. The van der Waals surface area contributed by atoms with Gasteiger partial charge in [0.05, 0.1) is 12.2 Å². The minimum Gasteiger partial charge on any atom is -0.379 e. The van der Waals surface area contributed by atoms with Crippen LogP contribution in [0.3, 0.4) is 0 Å². The summed E-state index contributed by atoms with van der Waals surface area (Å²) in [7, 11) is 2.98. The van der Waals surface area contributed by atoms with Crippen molar-refractivity contribution in [2.75, 3.05) is 14.2 Å². The molecule has 4 atom stereocenters. The lowest BCUT2D eigenvalue weighted by atomic mass is 9.91. The van der Waals surface area contributed by atoms with Crippen molar-refractivity contribution >= 4 is 0 Å². The van der Waals surface area contributed by atoms with Crippen molar-refractivity contribution in [2.45, 2.75) is 37.4 Å². The molecule has 0 aromatic heterocycles. The van der Waals surface area contributed by atoms with Gasteiger partial charge in [0, 0.05) is 27.1 Å². The van der Waals surface area contributed by atoms with Crippen molar-refractivity contribution in [3.8, 4) is 0 Å². The van der Waals surface area contributed by atoms with Gasteiger partial charge in [0.15, 0.2) is 0 Å². The van der Waals surface area contributed by atoms with Gasteiger partial charge in [-0.2, -0.15) is 0 Å². The van der Waals surface area contributed by atoms with Gasteiger partial charge in [-0.05, 0) is 0 Å². The quantitative estimate of drug-likeness (QED) is 0.641. The van der Waals surface area contributed by atoms with Crippen molar-refractivity contribution in [1.29, 1.82) is 0 Å². The summed E-state index contributed by atoms with van der Waals surface area (Å²) in [5.74, 6) is 0. The fourth-order valence-corrected chi connectivity index (χ4v) is 1.54. The van der Waals surface area contributed by atoms with E-state index in [1.807, 2.05) is 0 Å². The highest BCUT2D eigenvalue weighted by molar-refractivity contribution is 4.87. The first-order valence-electron chi connectivity index (χ1n) is 4.02. The standard InChI is InChI=1S/C8H14F2O2/c1-11-7-3-5(9)6(10)4-8(7)12-2/h5-8H,3-4H2,1-2H3. The predicted octanol–water partition coefficient (Wildman–Crippen LogP) is 1.49. The van der Waals surface area contributed by atoms with E-state index in [0.717, 1.165) is 0 Å². The van der Waals surface area contributed by atoms with Gasteiger partial charge in [-0.1, -0.05) is 0 Å². The molecule has 0 aromatic rings. The maximum Gasteiger partial charge on any atom is 0.134 e. The molecular weight excluding hydrogens is 166 g/mol. The van der Waals surface area contributed by atoms with Gasteiger partial charge in [-0.15, -0.1) is 0 Å². The number of halogens is 2. The Morgan fingerprint density at radius 2 is 1.25 bits per heavy atom. The van der Waals surface area contributed by atoms with Gasteiger partial charge in [-0.3, -0.25) is 0 Å². The van der Waals surface area contributed by atoms with E-state index < -0.39 is 12.3 Å². The van der Waals surface area contributed by atoms with E-state index in [9.17, 15) is 8.78 Å². The molecule has 0 saturated heterocycles. The summed E-state index contributed by atoms with van der Waals surface area (Å²) in [6, 6.07) is 0. The molecule has 1 aliphatic rings. The van der Waals surface area contributed by atoms with Gasteiger partial charge in [-0.25, -0.2) is 8.78 Å². The Kier molecular flexibility index (Phi) is 3.40. The molecule has 0 N–H and O–H groups in total. The molecule has 4 unspecified atom stereocenters. The lowest BCUT2D eigenvalue weighted by Crippen LogP contribution is -2.43. The molecule has 1 fully saturated rings. The van der Waals surface area contributed by atoms with Crippen LogP contribution in [0.4, 0.5) is 8.78 Å². The molecule has 1 saturated carbocycles. The molecule has 1 aliphatic carbocycles. The summed E-state index contributed by atoms with van der Waals surface area (Å²) in [4.78, 5) is 0. The van der Waals surface area contributed by atoms with Gasteiger partial charge >= 0.3 is 0 Å². The highest BCUT2D eigenvalue weighted by Gasteiger charge is 2.37. The first-order valence-corrected chi connectivity index (χ1v) is 4.02. The third kappa shape index (κ3) is 1.93. The van der Waals surface area contributed by atoms with E-state index >= 15 is 0 Å². The molecule has 0 aliphatic heterocycles. The van der Waals surface area contributed by atoms with Crippen molar-refractivity contribution in [2.24, 2.45) is 0 Å². The van der Waals surface area contributed by atoms with Crippen LogP contribution in [-0.4, -0.2) is 38.8 Å². The van der Waals surface area contributed by atoms with Gasteiger partial charge in [0.2, 0.25) is 0 Å². The summed E-state index contributed by atoms with van der Waals surface area (Å²) >= 11 is 0. The molecular formula is C8H14F2O2. The van der Waals surface area contributed by atoms with Gasteiger partial charge in [0.1, 0.15) is 12.3 Å². The Balaban J connectivity index is 2.52. The molecule has 4 heteroatoms. The van der Waals surface area contributed by atoms with Crippen molar-refractivity contribution < 1.29 is 18.3 Å². The van der Waals surface area contributed by atoms with Crippen LogP contribution in [0.2, 0.25) is 0 Å². The van der Waals surface area contributed by atoms with E-state index in [0.29, 0.717) is 0 Å². The average molecular weight is 180 g/mol. The van der Waals surface area contributed by atoms with E-state index in [2.05, 4.69) is 0 Å². The zero-order chi connectivity index (χ0) is 9.14. The van der Waals surface area contributed by atoms with Crippen LogP contribution in [0.1, 0.15) is 12.8 Å². The van der Waals surface area contributed by atoms with Crippen molar-refractivity contribution in [1.82, 2.24) is 0 Å². The Bertz CT molecular complexity index is 127. The van der Waals surface area contributed by atoms with Crippen molar-refractivity contribution in [3.63, 3.8) is 0 Å². The minimum absolute atomic E-state index is 0.0934. The third-order valence-electron chi connectivity index (χ3n) is 2.33. The molecule has 0 bridgehead atoms. The first-order chi connectivity index (χ1) is 5.69. The Labute approximate surface area is 70.8 Å². The number of ether oxygens (including phenoxy) is 2. The molecule has 1 rings (SSSR count). The zero-order valence-corrected chi connectivity index (χ0v) is 7.30. The van der Waals surface area contributed by atoms with E-state index in [1.165, 1.54) is 14.2 Å². The van der Waals surface area contributed by atoms with Gasteiger partial charge in [0.25, 0.3) is 0 Å². The summed E-state index contributed by atoms with van der Waals surface area (Å²) in [6.45, 7) is 0. The maximum absolute atomic E-state index is 12.8. The van der Waals surface area contributed by atoms with Gasteiger partial charge < -0.3 is 9.47 Å². The molecule has 0 radical (unpaired) electrons. The Hall–Kier alpha value is -0.220.